The Hall–Kier alpha value is -2.18. The van der Waals surface area contributed by atoms with Crippen molar-refractivity contribution in [2.45, 2.75) is 26.5 Å². The Kier molecular flexibility index (Phi) is 5.68. The average Bonchev–Trinajstić information content (AvgIpc) is 2.92. The summed E-state index contributed by atoms with van der Waals surface area (Å²) >= 11 is 0. The molecule has 6 nitrogen and oxygen atoms in total. The van der Waals surface area contributed by atoms with E-state index in [4.69, 9.17) is 4.74 Å². The Bertz CT molecular complexity index is 608. The molecule has 1 aromatic heterocycles. The second-order valence-corrected chi connectivity index (χ2v) is 4.98. The molecular weight excluding hydrogens is 282 g/mol. The molecule has 22 heavy (non-hydrogen) atoms. The van der Waals surface area contributed by atoms with Crippen molar-refractivity contribution in [1.82, 2.24) is 15.1 Å². The first kappa shape index (κ1) is 16.2. The Morgan fingerprint density at radius 1 is 1.41 bits per heavy atom. The highest BCUT2D eigenvalue weighted by Gasteiger charge is 2.18. The Labute approximate surface area is 129 Å². The first-order chi connectivity index (χ1) is 10.6. The lowest BCUT2D eigenvalue weighted by atomic mass is 10.2. The van der Waals surface area contributed by atoms with Gasteiger partial charge in [0.25, 0.3) is 0 Å². The van der Waals surface area contributed by atoms with Crippen molar-refractivity contribution in [2.75, 3.05) is 13.2 Å². The van der Waals surface area contributed by atoms with Gasteiger partial charge in [0.1, 0.15) is 0 Å². The highest BCUT2D eigenvalue weighted by atomic mass is 16.5. The second-order valence-electron chi connectivity index (χ2n) is 4.98. The van der Waals surface area contributed by atoms with E-state index in [0.717, 1.165) is 11.3 Å². The standard InChI is InChI=1S/C16H21N3O3/c1-3-22-16(21)15-13(10-17-9-12(2)20)11-19(18-15)14-7-5-4-6-8-14/h4-8,11-12,17,20H,3,9-10H2,1-2H3. The van der Waals surface area contributed by atoms with E-state index in [9.17, 15) is 9.90 Å². The van der Waals surface area contributed by atoms with Crippen molar-refractivity contribution in [2.24, 2.45) is 0 Å². The summed E-state index contributed by atoms with van der Waals surface area (Å²) in [4.78, 5) is 12.0. The van der Waals surface area contributed by atoms with E-state index < -0.39 is 12.1 Å². The summed E-state index contributed by atoms with van der Waals surface area (Å²) < 4.78 is 6.71. The number of para-hydroxylation sites is 1. The zero-order valence-corrected chi connectivity index (χ0v) is 12.8. The molecule has 0 aliphatic heterocycles. The molecule has 0 radical (unpaired) electrons. The van der Waals surface area contributed by atoms with Crippen LogP contribution >= 0.6 is 0 Å². The van der Waals surface area contributed by atoms with Crippen molar-refractivity contribution >= 4 is 5.97 Å². The third kappa shape index (κ3) is 4.16. The number of ether oxygens (including phenoxy) is 1. The van der Waals surface area contributed by atoms with Gasteiger partial charge in [0.05, 0.1) is 18.4 Å². The summed E-state index contributed by atoms with van der Waals surface area (Å²) in [5.74, 6) is -0.439. The molecule has 1 atom stereocenters. The highest BCUT2D eigenvalue weighted by molar-refractivity contribution is 5.88. The molecule has 2 N–H and O–H groups in total. The molecule has 0 amide bonds. The van der Waals surface area contributed by atoms with Gasteiger partial charge in [0.2, 0.25) is 0 Å². The molecule has 0 fully saturated rings. The van der Waals surface area contributed by atoms with E-state index in [2.05, 4.69) is 10.4 Å². The van der Waals surface area contributed by atoms with Gasteiger partial charge in [-0.05, 0) is 26.0 Å². The topological polar surface area (TPSA) is 76.4 Å². The number of carbonyl (C=O) groups is 1. The van der Waals surface area contributed by atoms with Gasteiger partial charge in [-0.2, -0.15) is 5.10 Å². The van der Waals surface area contributed by atoms with Gasteiger partial charge in [-0.15, -0.1) is 0 Å². The fourth-order valence-electron chi connectivity index (χ4n) is 2.04. The van der Waals surface area contributed by atoms with Crippen LogP contribution in [0.25, 0.3) is 5.69 Å². The summed E-state index contributed by atoms with van der Waals surface area (Å²) in [6.07, 6.45) is 1.35. The summed E-state index contributed by atoms with van der Waals surface area (Å²) in [6.45, 7) is 4.65. The second kappa shape index (κ2) is 7.72. The van der Waals surface area contributed by atoms with Crippen molar-refractivity contribution in [3.05, 3.63) is 47.8 Å². The predicted octanol–water partition coefficient (Wildman–Crippen LogP) is 1.52. The molecule has 1 heterocycles. The molecule has 1 unspecified atom stereocenters. The van der Waals surface area contributed by atoms with Crippen LogP contribution in [0, 0.1) is 0 Å². The molecule has 2 rings (SSSR count). The van der Waals surface area contributed by atoms with Crippen LogP contribution in [-0.2, 0) is 11.3 Å². The van der Waals surface area contributed by atoms with Crippen molar-refractivity contribution in [3.63, 3.8) is 0 Å². The molecule has 0 spiro atoms. The number of carbonyl (C=O) groups excluding carboxylic acids is 1. The quantitative estimate of drug-likeness (QED) is 0.758. The van der Waals surface area contributed by atoms with Crippen molar-refractivity contribution in [3.8, 4) is 5.69 Å². The van der Waals surface area contributed by atoms with Crippen LogP contribution in [0.3, 0.4) is 0 Å². The molecule has 6 heteroatoms. The highest BCUT2D eigenvalue weighted by Crippen LogP contribution is 2.13. The number of aromatic nitrogens is 2. The van der Waals surface area contributed by atoms with Gasteiger partial charge in [-0.3, -0.25) is 0 Å². The van der Waals surface area contributed by atoms with Crippen LogP contribution in [0.15, 0.2) is 36.5 Å². The molecule has 0 aliphatic rings. The van der Waals surface area contributed by atoms with Gasteiger partial charge < -0.3 is 15.2 Å². The molecule has 1 aromatic carbocycles. The van der Waals surface area contributed by atoms with E-state index in [1.54, 1.807) is 24.7 Å². The number of aliphatic hydroxyl groups excluding tert-OH is 1. The third-order valence-electron chi connectivity index (χ3n) is 3.03. The van der Waals surface area contributed by atoms with Gasteiger partial charge in [-0.25, -0.2) is 9.48 Å². The van der Waals surface area contributed by atoms with Crippen LogP contribution in [-0.4, -0.2) is 40.1 Å². The van der Waals surface area contributed by atoms with E-state index in [1.165, 1.54) is 0 Å². The lowest BCUT2D eigenvalue weighted by molar-refractivity contribution is 0.0517. The van der Waals surface area contributed by atoms with Gasteiger partial charge >= 0.3 is 5.97 Å². The van der Waals surface area contributed by atoms with E-state index in [0.29, 0.717) is 25.4 Å². The number of aliphatic hydroxyl groups is 1. The summed E-state index contributed by atoms with van der Waals surface area (Å²) in [6, 6.07) is 9.56. The van der Waals surface area contributed by atoms with Crippen molar-refractivity contribution < 1.29 is 14.6 Å². The van der Waals surface area contributed by atoms with Crippen LogP contribution < -0.4 is 5.32 Å². The minimum absolute atomic E-state index is 0.295. The lowest BCUT2D eigenvalue weighted by Gasteiger charge is -2.06. The lowest BCUT2D eigenvalue weighted by Crippen LogP contribution is -2.24. The van der Waals surface area contributed by atoms with Gasteiger partial charge in [-0.1, -0.05) is 18.2 Å². The van der Waals surface area contributed by atoms with Crippen LogP contribution in [0.4, 0.5) is 0 Å². The maximum Gasteiger partial charge on any atom is 0.359 e. The van der Waals surface area contributed by atoms with Crippen LogP contribution in [0.5, 0.6) is 0 Å². The minimum Gasteiger partial charge on any atom is -0.461 e. The first-order valence-electron chi connectivity index (χ1n) is 7.31. The largest absolute Gasteiger partial charge is 0.461 e. The molecule has 0 bridgehead atoms. The fourth-order valence-corrected chi connectivity index (χ4v) is 2.04. The molecule has 0 saturated heterocycles. The van der Waals surface area contributed by atoms with Gasteiger partial charge in [0.15, 0.2) is 5.69 Å². The fraction of sp³-hybridized carbons (Fsp3) is 0.375. The number of nitrogens with zero attached hydrogens (tertiary/aromatic N) is 2. The molecule has 118 valence electrons. The normalized spacial score (nSPS) is 12.1. The molecule has 2 aromatic rings. The van der Waals surface area contributed by atoms with E-state index in [1.807, 2.05) is 30.3 Å². The summed E-state index contributed by atoms with van der Waals surface area (Å²) in [5.41, 5.74) is 1.90. The predicted molar refractivity (Wildman–Crippen MR) is 82.9 cm³/mol. The number of rotatable bonds is 7. The number of esters is 1. The minimum atomic E-state index is -0.449. The maximum absolute atomic E-state index is 12.0. The number of hydrogen-bond acceptors (Lipinski definition) is 5. The van der Waals surface area contributed by atoms with Crippen LogP contribution in [0.1, 0.15) is 29.9 Å². The average molecular weight is 303 g/mol. The maximum atomic E-state index is 12.0. The third-order valence-corrected chi connectivity index (χ3v) is 3.03. The van der Waals surface area contributed by atoms with Gasteiger partial charge in [0, 0.05) is 24.8 Å². The molecule has 0 saturated carbocycles. The Morgan fingerprint density at radius 2 is 2.14 bits per heavy atom. The SMILES string of the molecule is CCOC(=O)c1nn(-c2ccccc2)cc1CNCC(C)O. The summed E-state index contributed by atoms with van der Waals surface area (Å²) in [5, 5.41) is 16.7. The molecule has 0 aliphatic carbocycles. The number of nitrogens with one attached hydrogen (secondary N) is 1. The van der Waals surface area contributed by atoms with Crippen molar-refractivity contribution in [1.29, 1.82) is 0 Å². The Morgan fingerprint density at radius 3 is 2.77 bits per heavy atom. The first-order valence-corrected chi connectivity index (χ1v) is 7.31. The Balaban J connectivity index is 2.24. The smallest absolute Gasteiger partial charge is 0.359 e. The number of benzene rings is 1. The number of hydrogen-bond donors (Lipinski definition) is 2. The monoisotopic (exact) mass is 303 g/mol. The van der Waals surface area contributed by atoms with E-state index >= 15 is 0 Å². The molecular formula is C16H21N3O3. The zero-order valence-electron chi connectivity index (χ0n) is 12.8. The van der Waals surface area contributed by atoms with E-state index in [-0.39, 0.29) is 0 Å². The zero-order chi connectivity index (χ0) is 15.9. The van der Waals surface area contributed by atoms with Crippen LogP contribution in [0.2, 0.25) is 0 Å². The summed E-state index contributed by atoms with van der Waals surface area (Å²) in [7, 11) is 0.